The molecule has 1 aliphatic carbocycles. The lowest BCUT2D eigenvalue weighted by Crippen LogP contribution is -2.61. The second-order valence-electron chi connectivity index (χ2n) is 25.8. The first-order valence-corrected chi connectivity index (χ1v) is 30.7. The number of esters is 2. The maximum atomic E-state index is 15.2. The van der Waals surface area contributed by atoms with Gasteiger partial charge >= 0.3 is 11.9 Å². The summed E-state index contributed by atoms with van der Waals surface area (Å²) in [6.45, 7) is 18.1. The number of hydrogen-bond acceptors (Lipinski definition) is 19. The summed E-state index contributed by atoms with van der Waals surface area (Å²) in [6.07, 6.45) is -1.74. The minimum Gasteiger partial charge on any atom is -0.458 e. The standard InChI is InChI=1S/C62H87N13O16/c1-26(2)42-59(85)74-21-17-19-36(74)57(83)70(13)24-38(76)72(15)48(28(5)6)61(87)89-32(11)44(55(81)66-42)68-53(79)34-23-35(63)30(9)51-46(34)65-47-40(41(64)50(78)31(10)52(47)91-51)54(80)69-45-33(12)90-62(88)49(29(7)8)73(16)39(77)25-71(14)58(84)37-20-18-22-75(37)60(86)43(27(3)4)67-56(45)82/h23,26-29,32-33,36-37,42-45,48-49H,17-22,24-25,63-64H2,1-16H3,(H,66,81)(H,67,82)(H,68,79)(H,69,80)/t32-,33-,36+,37+,42-,43-,44+,45+,48+,49-/m1/s1. The van der Waals surface area contributed by atoms with E-state index >= 15 is 9.59 Å². The van der Waals surface area contributed by atoms with E-state index in [4.69, 9.17) is 30.3 Å². The Balaban J connectivity index is 1.34. The number of cyclic esters (lactones) is 2. The van der Waals surface area contributed by atoms with Crippen LogP contribution in [0, 0.1) is 37.5 Å². The molecule has 0 spiro atoms. The summed E-state index contributed by atoms with van der Waals surface area (Å²) in [4.78, 5) is 200. The van der Waals surface area contributed by atoms with E-state index < -0.39 is 196 Å². The third-order valence-corrected chi connectivity index (χ3v) is 17.7. The van der Waals surface area contributed by atoms with Crippen LogP contribution >= 0.6 is 0 Å². The number of hydrogen-bond donors (Lipinski definition) is 6. The molecular weight excluding hydrogens is 1180 g/mol. The van der Waals surface area contributed by atoms with Crippen LogP contribution in [-0.4, -0.2) is 220 Å². The van der Waals surface area contributed by atoms with E-state index in [0.29, 0.717) is 12.8 Å². The van der Waals surface area contributed by atoms with E-state index in [0.717, 1.165) is 9.80 Å². The number of nitrogens with one attached hydrogen (secondary N) is 4. The van der Waals surface area contributed by atoms with Crippen molar-refractivity contribution in [3.63, 3.8) is 0 Å². The summed E-state index contributed by atoms with van der Waals surface area (Å²) < 4.78 is 18.3. The molecule has 10 amide bonds. The molecule has 6 aliphatic rings. The second-order valence-corrected chi connectivity index (χ2v) is 25.8. The van der Waals surface area contributed by atoms with Gasteiger partial charge in [0.05, 0.1) is 29.9 Å². The van der Waals surface area contributed by atoms with E-state index in [1.54, 1.807) is 55.4 Å². The molecule has 0 bridgehead atoms. The van der Waals surface area contributed by atoms with Crippen molar-refractivity contribution in [2.75, 3.05) is 65.8 Å². The molecule has 0 unspecified atom stereocenters. The smallest absolute Gasteiger partial charge is 0.329 e. The highest BCUT2D eigenvalue weighted by atomic mass is 16.6. The predicted octanol–water partition coefficient (Wildman–Crippen LogP) is 0.308. The Labute approximate surface area is 527 Å². The highest BCUT2D eigenvalue weighted by Gasteiger charge is 2.47. The van der Waals surface area contributed by atoms with Crippen LogP contribution in [0.25, 0.3) is 22.6 Å². The van der Waals surface area contributed by atoms with Gasteiger partial charge in [0, 0.05) is 58.1 Å². The normalized spacial score (nSPS) is 26.1. The van der Waals surface area contributed by atoms with Crippen LogP contribution in [0.4, 0.5) is 11.4 Å². The summed E-state index contributed by atoms with van der Waals surface area (Å²) in [6, 6.07) is -9.67. The van der Waals surface area contributed by atoms with E-state index in [-0.39, 0.29) is 59.6 Å². The van der Waals surface area contributed by atoms with Crippen LogP contribution in [0.5, 0.6) is 0 Å². The highest BCUT2D eigenvalue weighted by Crippen LogP contribution is 2.37. The second kappa shape index (κ2) is 27.7. The van der Waals surface area contributed by atoms with Gasteiger partial charge in [0.25, 0.3) is 11.8 Å². The number of ether oxygens (including phenoxy) is 2. The van der Waals surface area contributed by atoms with Gasteiger partial charge in [0.1, 0.15) is 71.8 Å². The topological polar surface area (TPSA) is 386 Å². The largest absolute Gasteiger partial charge is 0.458 e. The van der Waals surface area contributed by atoms with Gasteiger partial charge in [-0.3, -0.25) is 52.7 Å². The first kappa shape index (κ1) is 69.6. The van der Waals surface area contributed by atoms with E-state index in [1.165, 1.54) is 81.6 Å². The van der Waals surface area contributed by atoms with Gasteiger partial charge in [-0.2, -0.15) is 0 Å². The molecule has 0 aromatic heterocycles. The molecule has 1 aromatic rings. The number of nitrogen functional groups attached to an aromatic ring is 2. The molecule has 29 nitrogen and oxygen atoms in total. The van der Waals surface area contributed by atoms with Gasteiger partial charge in [-0.1, -0.05) is 55.4 Å². The number of fused-ring (bicyclic) bond motifs is 4. The number of aromatic nitrogens is 1. The number of amides is 10. The number of nitrogens with two attached hydrogens (primary N) is 2. The summed E-state index contributed by atoms with van der Waals surface area (Å²) in [5, 5.41) is 10.6. The first-order chi connectivity index (χ1) is 42.5. The molecule has 4 saturated heterocycles. The van der Waals surface area contributed by atoms with Crippen LogP contribution in [-0.2, 0) is 57.4 Å². The highest BCUT2D eigenvalue weighted by molar-refractivity contribution is 6.11. The van der Waals surface area contributed by atoms with Crippen LogP contribution in [0.3, 0.4) is 0 Å². The number of benzene rings is 2. The molecule has 496 valence electrons. The van der Waals surface area contributed by atoms with Gasteiger partial charge in [-0.25, -0.2) is 14.6 Å². The van der Waals surface area contributed by atoms with Crippen molar-refractivity contribution in [2.24, 2.45) is 23.7 Å². The zero-order valence-electron chi connectivity index (χ0n) is 54.6. The van der Waals surface area contributed by atoms with E-state index in [1.807, 2.05) is 0 Å². The maximum absolute atomic E-state index is 15.2. The Morgan fingerprint density at radius 3 is 1.43 bits per heavy atom. The van der Waals surface area contributed by atoms with Crippen molar-refractivity contribution < 1.29 is 71.4 Å². The van der Waals surface area contributed by atoms with Crippen molar-refractivity contribution in [1.82, 2.24) is 55.7 Å². The molecule has 4 fully saturated rings. The number of likely N-dealkylation sites (N-methyl/N-ethyl adjacent to an activating group) is 4. The lowest BCUT2D eigenvalue weighted by Gasteiger charge is -2.36. The fourth-order valence-electron chi connectivity index (χ4n) is 12.4. The lowest BCUT2D eigenvalue weighted by molar-refractivity contribution is -0.163. The van der Waals surface area contributed by atoms with Gasteiger partial charge in [-0.15, -0.1) is 0 Å². The molecule has 5 aliphatic heterocycles. The molecule has 8 N–H and O–H groups in total. The fraction of sp³-hybridized carbons (Fsp3) is 0.613. The quantitative estimate of drug-likeness (QED) is 0.100. The minimum atomic E-state index is -1.90. The number of nitrogens with zero attached hydrogens (tertiary/aromatic N) is 7. The number of carbonyl (C=O) groups is 12. The van der Waals surface area contributed by atoms with Crippen molar-refractivity contribution in [1.29, 1.82) is 0 Å². The number of aryl methyl sites for hydroxylation is 1. The number of carbonyl (C=O) groups excluding carboxylic acids is 12. The molecule has 1 aromatic carbocycles. The van der Waals surface area contributed by atoms with Gasteiger partial charge in [0.2, 0.25) is 52.7 Å². The Kier molecular flexibility index (Phi) is 21.1. The Hall–Kier alpha value is -8.92. The van der Waals surface area contributed by atoms with Crippen LogP contribution < -0.4 is 38.2 Å². The number of rotatable bonds is 8. The summed E-state index contributed by atoms with van der Waals surface area (Å²) in [5.74, 6) is -12.7. The fourth-order valence-corrected chi connectivity index (χ4v) is 12.4. The molecule has 10 atom stereocenters. The average Bonchev–Trinajstić information content (AvgIpc) is 1.33. The molecular formula is C62H87N13O16. The average molecular weight is 1270 g/mol. The van der Waals surface area contributed by atoms with Crippen molar-refractivity contribution in [2.45, 2.75) is 169 Å². The molecule has 29 heteroatoms. The third-order valence-electron chi connectivity index (χ3n) is 17.7. The third kappa shape index (κ3) is 13.9. The van der Waals surface area contributed by atoms with Crippen molar-refractivity contribution >= 4 is 93.5 Å². The Morgan fingerprint density at radius 1 is 0.604 bits per heavy atom. The van der Waals surface area contributed by atoms with Crippen LogP contribution in [0.15, 0.2) is 15.3 Å². The Bertz CT molecular complexity index is 3470. The first-order valence-electron chi connectivity index (χ1n) is 30.7. The zero-order chi connectivity index (χ0) is 67.8. The summed E-state index contributed by atoms with van der Waals surface area (Å²) in [5.41, 5.74) is 9.45. The van der Waals surface area contributed by atoms with Crippen LogP contribution in [0.1, 0.15) is 127 Å². The molecule has 5 heterocycles. The van der Waals surface area contributed by atoms with Gasteiger partial charge < -0.3 is 76.0 Å². The van der Waals surface area contributed by atoms with Crippen molar-refractivity contribution in [3.05, 3.63) is 38.5 Å². The summed E-state index contributed by atoms with van der Waals surface area (Å²) >= 11 is 0. The SMILES string of the molecule is Cc1c2oc3c(C)c(N)cc(C(=O)N[C@@H]4C(=O)N[C@H](C(C)C)C(=O)N5CCC[C@H]5C(=O)N(C)CC(=O)N(C)[C@@H](C(C)C)C(=O)O[C@@H]4C)c3nc-2c(C(=O)N[C@@H]2C(=O)N[C@H](C(C)C)C(=O)N3CCC[C@H]3C(=O)N(C)CC(=O)N(C)[C@H](C(C)C)C(=O)O[C@@H]2C)c(N)c1=O. The lowest BCUT2D eigenvalue weighted by atomic mass is 9.98. The molecule has 0 radical (unpaired) electrons. The van der Waals surface area contributed by atoms with Crippen LogP contribution in [0.2, 0.25) is 0 Å². The maximum Gasteiger partial charge on any atom is 0.329 e. The van der Waals surface area contributed by atoms with Gasteiger partial charge in [0.15, 0.2) is 11.3 Å². The number of anilines is 2. The zero-order valence-corrected chi connectivity index (χ0v) is 54.6. The minimum absolute atomic E-state index is 0.0571. The van der Waals surface area contributed by atoms with Crippen molar-refractivity contribution in [3.8, 4) is 11.5 Å². The molecule has 7 rings (SSSR count). The van der Waals surface area contributed by atoms with E-state index in [9.17, 15) is 52.7 Å². The predicted molar refractivity (Wildman–Crippen MR) is 330 cm³/mol. The monoisotopic (exact) mass is 1270 g/mol. The Morgan fingerprint density at radius 2 is 1.02 bits per heavy atom. The van der Waals surface area contributed by atoms with Gasteiger partial charge in [-0.05, 0) is 83.1 Å². The molecule has 91 heavy (non-hydrogen) atoms. The van der Waals surface area contributed by atoms with E-state index in [2.05, 4.69) is 21.3 Å². The summed E-state index contributed by atoms with van der Waals surface area (Å²) in [7, 11) is 5.56. The molecule has 0 saturated carbocycles.